The second-order valence-corrected chi connectivity index (χ2v) is 7.50. The van der Waals surface area contributed by atoms with Gasteiger partial charge in [0.2, 0.25) is 0 Å². The number of nitrogens with two attached hydrogens (primary N) is 1. The van der Waals surface area contributed by atoms with E-state index in [-0.39, 0.29) is 34.4 Å². The van der Waals surface area contributed by atoms with E-state index in [4.69, 9.17) is 10.5 Å². The molecule has 0 amide bonds. The third-order valence-corrected chi connectivity index (χ3v) is 5.03. The third-order valence-electron chi connectivity index (χ3n) is 5.03. The number of ketones is 2. The zero-order chi connectivity index (χ0) is 21.4. The first-order chi connectivity index (χ1) is 14.4. The van der Waals surface area contributed by atoms with Gasteiger partial charge in [0.05, 0.1) is 35.3 Å². The fraction of sp³-hybridized carbons (Fsp3) is 0.167. The summed E-state index contributed by atoms with van der Waals surface area (Å²) in [6, 6.07) is 16.1. The maximum atomic E-state index is 13.4. The molecule has 0 fully saturated rings. The van der Waals surface area contributed by atoms with Crippen molar-refractivity contribution in [1.29, 1.82) is 0 Å². The number of carbonyl (C=O) groups is 2. The van der Waals surface area contributed by atoms with E-state index in [0.29, 0.717) is 28.3 Å². The number of hydrogen-bond acceptors (Lipinski definition) is 6. The van der Waals surface area contributed by atoms with E-state index in [0.717, 1.165) is 5.69 Å². The van der Waals surface area contributed by atoms with Crippen LogP contribution in [0.5, 0.6) is 5.75 Å². The molecule has 152 valence electrons. The fourth-order valence-electron chi connectivity index (χ4n) is 3.70. The Kier molecular flexibility index (Phi) is 4.91. The number of ether oxygens (including phenoxy) is 1. The van der Waals surface area contributed by atoms with Crippen LogP contribution in [0.25, 0.3) is 0 Å². The molecule has 6 heteroatoms. The topological polar surface area (TPSA) is 93.4 Å². The van der Waals surface area contributed by atoms with Crippen LogP contribution in [0.2, 0.25) is 0 Å². The predicted octanol–water partition coefficient (Wildman–Crippen LogP) is 4.62. The Morgan fingerprint density at radius 2 is 1.53 bits per heavy atom. The molecule has 6 nitrogen and oxygen atoms in total. The number of nitrogens with one attached hydrogen (secondary N) is 2. The van der Waals surface area contributed by atoms with E-state index < -0.39 is 0 Å². The maximum Gasteiger partial charge on any atom is 0.196 e. The van der Waals surface area contributed by atoms with E-state index in [1.807, 2.05) is 38.1 Å². The Morgan fingerprint density at radius 3 is 2.17 bits per heavy atom. The van der Waals surface area contributed by atoms with Crippen LogP contribution >= 0.6 is 0 Å². The van der Waals surface area contributed by atoms with Crippen molar-refractivity contribution in [3.63, 3.8) is 0 Å². The van der Waals surface area contributed by atoms with Crippen molar-refractivity contribution >= 4 is 34.3 Å². The van der Waals surface area contributed by atoms with E-state index in [1.54, 1.807) is 37.4 Å². The Bertz CT molecular complexity index is 1170. The monoisotopic (exact) mass is 401 g/mol. The van der Waals surface area contributed by atoms with Gasteiger partial charge >= 0.3 is 0 Å². The van der Waals surface area contributed by atoms with E-state index >= 15 is 0 Å². The molecule has 3 aromatic rings. The van der Waals surface area contributed by atoms with Crippen LogP contribution in [0.15, 0.2) is 54.6 Å². The second-order valence-electron chi connectivity index (χ2n) is 7.50. The van der Waals surface area contributed by atoms with Crippen LogP contribution in [0.3, 0.4) is 0 Å². The molecule has 4 rings (SSSR count). The molecule has 4 N–H and O–H groups in total. The molecule has 0 atom stereocenters. The summed E-state index contributed by atoms with van der Waals surface area (Å²) in [7, 11) is 1.59. The molecule has 0 aliphatic heterocycles. The highest BCUT2D eigenvalue weighted by Gasteiger charge is 2.34. The number of fused-ring (bicyclic) bond motifs is 2. The van der Waals surface area contributed by atoms with Crippen LogP contribution in [0.4, 0.5) is 22.7 Å². The molecule has 0 aromatic heterocycles. The average Bonchev–Trinajstić information content (AvgIpc) is 2.74. The van der Waals surface area contributed by atoms with Gasteiger partial charge < -0.3 is 21.1 Å². The second kappa shape index (κ2) is 7.55. The van der Waals surface area contributed by atoms with E-state index in [2.05, 4.69) is 10.6 Å². The first-order valence-electron chi connectivity index (χ1n) is 9.73. The molecule has 3 aromatic carbocycles. The summed E-state index contributed by atoms with van der Waals surface area (Å²) in [4.78, 5) is 26.7. The highest BCUT2D eigenvalue weighted by Crippen LogP contribution is 2.41. The molecule has 0 bridgehead atoms. The van der Waals surface area contributed by atoms with Gasteiger partial charge in [-0.15, -0.1) is 0 Å². The van der Waals surface area contributed by atoms with Crippen LogP contribution < -0.4 is 21.1 Å². The SMILES string of the molecule is COc1cccc(Nc2cc(NC(C)C)c(N)c3c2C(=O)c2ccccc2C3=O)c1. The van der Waals surface area contributed by atoms with Gasteiger partial charge in [0, 0.05) is 28.9 Å². The minimum atomic E-state index is -0.251. The lowest BCUT2D eigenvalue weighted by atomic mass is 9.82. The molecule has 0 spiro atoms. The Balaban J connectivity index is 1.93. The smallest absolute Gasteiger partial charge is 0.196 e. The summed E-state index contributed by atoms with van der Waals surface area (Å²) in [5, 5.41) is 6.56. The minimum Gasteiger partial charge on any atom is -0.497 e. The molecular weight excluding hydrogens is 378 g/mol. The summed E-state index contributed by atoms with van der Waals surface area (Å²) in [6.45, 7) is 3.96. The van der Waals surface area contributed by atoms with E-state index in [9.17, 15) is 9.59 Å². The normalized spacial score (nSPS) is 12.4. The lowest BCUT2D eigenvalue weighted by molar-refractivity contribution is 0.0980. The summed E-state index contributed by atoms with van der Waals surface area (Å²) in [6.07, 6.45) is 0. The quantitative estimate of drug-likeness (QED) is 0.423. The first-order valence-corrected chi connectivity index (χ1v) is 9.73. The number of nitrogen functional groups attached to an aromatic ring is 1. The molecule has 30 heavy (non-hydrogen) atoms. The maximum absolute atomic E-state index is 13.4. The standard InChI is InChI=1S/C24H23N3O3/c1-13(2)26-19-12-18(27-14-7-6-8-15(11-14)30-3)20-21(22(19)25)24(29)17-10-5-4-9-16(17)23(20)28/h4-13,26-27H,25H2,1-3H3. The van der Waals surface area contributed by atoms with Gasteiger partial charge in [0.25, 0.3) is 0 Å². The number of benzene rings is 3. The summed E-state index contributed by atoms with van der Waals surface area (Å²) in [5.41, 5.74) is 9.79. The van der Waals surface area contributed by atoms with E-state index in [1.165, 1.54) is 0 Å². The number of hydrogen-bond donors (Lipinski definition) is 3. The lowest BCUT2D eigenvalue weighted by Gasteiger charge is -2.25. The molecule has 1 aliphatic carbocycles. The minimum absolute atomic E-state index is 0.0942. The first kappa shape index (κ1) is 19.5. The van der Waals surface area contributed by atoms with Crippen molar-refractivity contribution in [1.82, 2.24) is 0 Å². The molecule has 0 saturated carbocycles. The highest BCUT2D eigenvalue weighted by atomic mass is 16.5. The average molecular weight is 401 g/mol. The van der Waals surface area contributed by atoms with Crippen molar-refractivity contribution in [3.8, 4) is 5.75 Å². The van der Waals surface area contributed by atoms with Crippen molar-refractivity contribution in [3.05, 3.63) is 76.9 Å². The molecule has 0 unspecified atom stereocenters. The van der Waals surface area contributed by atoms with Crippen molar-refractivity contribution in [2.45, 2.75) is 19.9 Å². The third kappa shape index (κ3) is 3.26. The van der Waals surface area contributed by atoms with Gasteiger partial charge in [-0.25, -0.2) is 0 Å². The summed E-state index contributed by atoms with van der Waals surface area (Å²) < 4.78 is 5.29. The number of methoxy groups -OCH3 is 1. The van der Waals surface area contributed by atoms with Crippen LogP contribution in [-0.4, -0.2) is 24.7 Å². The molecule has 0 saturated heterocycles. The van der Waals surface area contributed by atoms with Crippen LogP contribution in [-0.2, 0) is 0 Å². The molecular formula is C24H23N3O3. The lowest BCUT2D eigenvalue weighted by Crippen LogP contribution is -2.25. The van der Waals surface area contributed by atoms with Crippen molar-refractivity contribution < 1.29 is 14.3 Å². The number of rotatable bonds is 5. The number of anilines is 4. The summed E-state index contributed by atoms with van der Waals surface area (Å²) >= 11 is 0. The predicted molar refractivity (Wildman–Crippen MR) is 119 cm³/mol. The Hall–Kier alpha value is -3.80. The van der Waals surface area contributed by atoms with Crippen LogP contribution in [0.1, 0.15) is 45.7 Å². The van der Waals surface area contributed by atoms with Crippen LogP contribution in [0, 0.1) is 0 Å². The highest BCUT2D eigenvalue weighted by molar-refractivity contribution is 6.32. The van der Waals surface area contributed by atoms with Gasteiger partial charge in [0.1, 0.15) is 5.75 Å². The Morgan fingerprint density at radius 1 is 0.867 bits per heavy atom. The largest absolute Gasteiger partial charge is 0.497 e. The molecule has 0 radical (unpaired) electrons. The molecule has 0 heterocycles. The number of carbonyl (C=O) groups excluding carboxylic acids is 2. The van der Waals surface area contributed by atoms with Gasteiger partial charge in [-0.2, -0.15) is 0 Å². The molecule has 1 aliphatic rings. The zero-order valence-electron chi connectivity index (χ0n) is 17.1. The van der Waals surface area contributed by atoms with Gasteiger partial charge in [0.15, 0.2) is 11.6 Å². The fourth-order valence-corrected chi connectivity index (χ4v) is 3.70. The zero-order valence-corrected chi connectivity index (χ0v) is 17.1. The van der Waals surface area contributed by atoms with Crippen molar-refractivity contribution in [2.24, 2.45) is 0 Å². The Labute approximate surface area is 175 Å². The van der Waals surface area contributed by atoms with Crippen molar-refractivity contribution in [2.75, 3.05) is 23.5 Å². The summed E-state index contributed by atoms with van der Waals surface area (Å²) in [5.74, 6) is 0.199. The van der Waals surface area contributed by atoms with Gasteiger partial charge in [-0.1, -0.05) is 30.3 Å². The van der Waals surface area contributed by atoms with Gasteiger partial charge in [-0.3, -0.25) is 9.59 Å². The van der Waals surface area contributed by atoms with Gasteiger partial charge in [-0.05, 0) is 32.0 Å².